The molecule has 5 atom stereocenters. The van der Waals surface area contributed by atoms with E-state index in [1.807, 2.05) is 30.3 Å². The van der Waals surface area contributed by atoms with E-state index in [-0.39, 0.29) is 6.10 Å². The maximum atomic E-state index is 12.7. The number of carbonyl (C=O) groups excluding carboxylic acids is 1. The van der Waals surface area contributed by atoms with Gasteiger partial charge in [-0.3, -0.25) is 0 Å². The molecule has 2 aliphatic heterocycles. The van der Waals surface area contributed by atoms with Crippen LogP contribution in [0.15, 0.2) is 54.6 Å². The highest BCUT2D eigenvalue weighted by Gasteiger charge is 2.46. The van der Waals surface area contributed by atoms with E-state index >= 15 is 0 Å². The Kier molecular flexibility index (Phi) is 6.10. The molecular weight excluding hydrogens is 376 g/mol. The molecule has 4 rings (SSSR count). The third-order valence-electron chi connectivity index (χ3n) is 5.10. The fourth-order valence-corrected chi connectivity index (χ4v) is 3.55. The first-order valence-corrected chi connectivity index (χ1v) is 9.53. The lowest BCUT2D eigenvalue weighted by atomic mass is 9.99. The molecule has 2 aromatic rings. The summed E-state index contributed by atoms with van der Waals surface area (Å²) in [5.74, 6) is 0.241. The quantitative estimate of drug-likeness (QED) is 0.714. The lowest BCUT2D eigenvalue weighted by molar-refractivity contribution is -0.333. The predicted octanol–water partition coefficient (Wildman–Crippen LogP) is 3.10. The summed E-state index contributed by atoms with van der Waals surface area (Å²) in [6, 6.07) is 16.4. The Morgan fingerprint density at radius 3 is 2.45 bits per heavy atom. The second-order valence-electron chi connectivity index (χ2n) is 6.92. The molecule has 0 aliphatic carbocycles. The average Bonchev–Trinajstić information content (AvgIpc) is 2.79. The van der Waals surface area contributed by atoms with Crippen molar-refractivity contribution in [3.63, 3.8) is 0 Å². The first kappa shape index (κ1) is 19.8. The van der Waals surface area contributed by atoms with Crippen molar-refractivity contribution in [3.05, 3.63) is 65.7 Å². The number of methoxy groups -OCH3 is 2. The van der Waals surface area contributed by atoms with Crippen LogP contribution in [0.5, 0.6) is 5.75 Å². The van der Waals surface area contributed by atoms with Gasteiger partial charge in [-0.2, -0.15) is 0 Å². The van der Waals surface area contributed by atoms with Crippen LogP contribution in [-0.4, -0.2) is 51.4 Å². The molecule has 0 N–H and O–H groups in total. The van der Waals surface area contributed by atoms with Gasteiger partial charge in [0.15, 0.2) is 12.6 Å². The molecule has 7 nitrogen and oxygen atoms in total. The standard InChI is InChI=1S/C22H24O7/c1-24-16-10-8-14(9-11-16)21(23)28-17-12-19(25-2)27-18-13-26-22(29-20(17)18)15-6-4-3-5-7-15/h3-11,17-20,22H,12-13H2,1-2H3/t17-,18+,19-,20-,22+/m0/s1. The van der Waals surface area contributed by atoms with Crippen LogP contribution in [0.25, 0.3) is 0 Å². The third kappa shape index (κ3) is 4.43. The molecule has 0 spiro atoms. The molecule has 2 aliphatic rings. The number of benzene rings is 2. The minimum absolute atomic E-state index is 0.320. The topological polar surface area (TPSA) is 72.5 Å². The highest BCUT2D eigenvalue weighted by Crippen LogP contribution is 2.35. The number of rotatable bonds is 5. The van der Waals surface area contributed by atoms with Crippen molar-refractivity contribution >= 4 is 5.97 Å². The minimum atomic E-state index is -0.540. The van der Waals surface area contributed by atoms with Gasteiger partial charge >= 0.3 is 5.97 Å². The summed E-state index contributed by atoms with van der Waals surface area (Å²) in [4.78, 5) is 12.7. The smallest absolute Gasteiger partial charge is 0.338 e. The van der Waals surface area contributed by atoms with Gasteiger partial charge in [-0.15, -0.1) is 0 Å². The van der Waals surface area contributed by atoms with Crippen molar-refractivity contribution in [2.45, 2.75) is 37.3 Å². The van der Waals surface area contributed by atoms with Crippen LogP contribution in [0.4, 0.5) is 0 Å². The second-order valence-corrected chi connectivity index (χ2v) is 6.92. The minimum Gasteiger partial charge on any atom is -0.497 e. The lowest BCUT2D eigenvalue weighted by Crippen LogP contribution is -2.56. The highest BCUT2D eigenvalue weighted by molar-refractivity contribution is 5.89. The molecule has 2 fully saturated rings. The number of hydrogen-bond acceptors (Lipinski definition) is 7. The molecule has 2 saturated heterocycles. The third-order valence-corrected chi connectivity index (χ3v) is 5.10. The summed E-state index contributed by atoms with van der Waals surface area (Å²) >= 11 is 0. The summed E-state index contributed by atoms with van der Waals surface area (Å²) in [6.07, 6.45) is -2.03. The number of hydrogen-bond donors (Lipinski definition) is 0. The fraction of sp³-hybridized carbons (Fsp3) is 0.409. The Bertz CT molecular complexity index is 808. The van der Waals surface area contributed by atoms with Gasteiger partial charge in [0.25, 0.3) is 0 Å². The van der Waals surface area contributed by atoms with Gasteiger partial charge in [-0.1, -0.05) is 30.3 Å². The van der Waals surface area contributed by atoms with Gasteiger partial charge < -0.3 is 28.4 Å². The molecule has 0 radical (unpaired) electrons. The molecule has 7 heteroatoms. The van der Waals surface area contributed by atoms with Crippen molar-refractivity contribution in [2.24, 2.45) is 0 Å². The zero-order valence-electron chi connectivity index (χ0n) is 16.4. The van der Waals surface area contributed by atoms with Gasteiger partial charge in [0, 0.05) is 19.1 Å². The zero-order chi connectivity index (χ0) is 20.2. The summed E-state index contributed by atoms with van der Waals surface area (Å²) in [5, 5.41) is 0. The van der Waals surface area contributed by atoms with Gasteiger partial charge in [0.1, 0.15) is 24.1 Å². The number of carbonyl (C=O) groups is 1. The molecule has 0 bridgehead atoms. The normalized spacial score (nSPS) is 29.0. The Labute approximate surface area is 169 Å². The molecule has 29 heavy (non-hydrogen) atoms. The number of ether oxygens (including phenoxy) is 6. The molecule has 2 heterocycles. The summed E-state index contributed by atoms with van der Waals surface area (Å²) in [5.41, 5.74) is 1.34. The van der Waals surface area contributed by atoms with Crippen molar-refractivity contribution < 1.29 is 33.2 Å². The zero-order valence-corrected chi connectivity index (χ0v) is 16.4. The van der Waals surface area contributed by atoms with E-state index in [0.29, 0.717) is 24.3 Å². The molecule has 0 amide bonds. The van der Waals surface area contributed by atoms with Crippen LogP contribution in [0.2, 0.25) is 0 Å². The molecule has 2 aromatic carbocycles. The van der Waals surface area contributed by atoms with Crippen LogP contribution >= 0.6 is 0 Å². The largest absolute Gasteiger partial charge is 0.497 e. The van der Waals surface area contributed by atoms with E-state index in [4.69, 9.17) is 28.4 Å². The lowest BCUT2D eigenvalue weighted by Gasteiger charge is -2.45. The number of esters is 1. The van der Waals surface area contributed by atoms with E-state index in [1.54, 1.807) is 38.5 Å². The van der Waals surface area contributed by atoms with Crippen molar-refractivity contribution in [2.75, 3.05) is 20.8 Å². The average molecular weight is 400 g/mol. The summed E-state index contributed by atoms with van der Waals surface area (Å²) in [7, 11) is 3.14. The molecule has 0 saturated carbocycles. The van der Waals surface area contributed by atoms with E-state index < -0.39 is 30.8 Å². The van der Waals surface area contributed by atoms with E-state index in [0.717, 1.165) is 5.56 Å². The monoisotopic (exact) mass is 400 g/mol. The van der Waals surface area contributed by atoms with Crippen LogP contribution in [0.1, 0.15) is 28.6 Å². The summed E-state index contributed by atoms with van der Waals surface area (Å²) < 4.78 is 34.2. The van der Waals surface area contributed by atoms with Gasteiger partial charge in [0.2, 0.25) is 0 Å². The van der Waals surface area contributed by atoms with Crippen molar-refractivity contribution in [1.82, 2.24) is 0 Å². The van der Waals surface area contributed by atoms with E-state index in [9.17, 15) is 4.79 Å². The number of fused-ring (bicyclic) bond motifs is 1. The molecule has 0 unspecified atom stereocenters. The van der Waals surface area contributed by atoms with E-state index in [2.05, 4.69) is 0 Å². The first-order chi connectivity index (χ1) is 14.2. The maximum absolute atomic E-state index is 12.7. The van der Waals surface area contributed by atoms with Gasteiger partial charge in [-0.05, 0) is 24.3 Å². The molecular formula is C22H24O7. The van der Waals surface area contributed by atoms with Crippen LogP contribution < -0.4 is 4.74 Å². The van der Waals surface area contributed by atoms with Crippen LogP contribution in [0.3, 0.4) is 0 Å². The van der Waals surface area contributed by atoms with E-state index in [1.165, 1.54) is 0 Å². The molecule has 154 valence electrons. The Hall–Kier alpha value is -2.45. The Morgan fingerprint density at radius 2 is 1.76 bits per heavy atom. The maximum Gasteiger partial charge on any atom is 0.338 e. The SMILES string of the molecule is COc1ccc(C(=O)O[C@H]2C[C@@H](OC)O[C@@H]3CO[C@@H](c4ccccc4)O[C@@H]23)cc1. The Balaban J connectivity index is 1.50. The van der Waals surface area contributed by atoms with Crippen LogP contribution in [0, 0.1) is 0 Å². The molecule has 0 aromatic heterocycles. The second kappa shape index (κ2) is 8.92. The fourth-order valence-electron chi connectivity index (χ4n) is 3.55. The van der Waals surface area contributed by atoms with Crippen molar-refractivity contribution in [3.8, 4) is 5.75 Å². The highest BCUT2D eigenvalue weighted by atomic mass is 16.7. The predicted molar refractivity (Wildman–Crippen MR) is 102 cm³/mol. The van der Waals surface area contributed by atoms with Crippen LogP contribution in [-0.2, 0) is 23.7 Å². The van der Waals surface area contributed by atoms with Gasteiger partial charge in [-0.25, -0.2) is 4.79 Å². The van der Waals surface area contributed by atoms with Crippen molar-refractivity contribution in [1.29, 1.82) is 0 Å². The Morgan fingerprint density at radius 1 is 1.00 bits per heavy atom. The first-order valence-electron chi connectivity index (χ1n) is 9.53. The summed E-state index contributed by atoms with van der Waals surface area (Å²) in [6.45, 7) is 0.320. The van der Waals surface area contributed by atoms with Gasteiger partial charge in [0.05, 0.1) is 19.3 Å².